The minimum absolute atomic E-state index is 0.131. The number of carbonyl (C=O) groups is 2. The quantitative estimate of drug-likeness (QED) is 0.288. The molecule has 0 heterocycles. The lowest BCUT2D eigenvalue weighted by molar-refractivity contribution is -0.136. The van der Waals surface area contributed by atoms with Gasteiger partial charge < -0.3 is 20.7 Å². The van der Waals surface area contributed by atoms with Crippen molar-refractivity contribution in [2.45, 2.75) is 47.5 Å². The fourth-order valence-corrected chi connectivity index (χ4v) is 2.99. The molecule has 0 saturated heterocycles. The van der Waals surface area contributed by atoms with Gasteiger partial charge in [-0.15, -0.1) is 0 Å². The van der Waals surface area contributed by atoms with Crippen LogP contribution in [0, 0.1) is 11.2 Å². The number of hydrogen-bond acceptors (Lipinski definition) is 5. The summed E-state index contributed by atoms with van der Waals surface area (Å²) in [7, 11) is 0. The molecule has 2 amide bonds. The van der Waals surface area contributed by atoms with Gasteiger partial charge in [0.15, 0.2) is 0 Å². The van der Waals surface area contributed by atoms with E-state index < -0.39 is 17.6 Å². The van der Waals surface area contributed by atoms with Crippen LogP contribution < -0.4 is 31.1 Å². The number of amides is 2. The summed E-state index contributed by atoms with van der Waals surface area (Å²) in [5, 5.41) is 8.94. The molecule has 0 spiro atoms. The molecule has 0 aliphatic carbocycles. The van der Waals surface area contributed by atoms with Crippen molar-refractivity contribution < 1.29 is 18.7 Å². The Hall–Kier alpha value is -3.68. The van der Waals surface area contributed by atoms with E-state index in [0.717, 1.165) is 12.8 Å². The van der Waals surface area contributed by atoms with Gasteiger partial charge in [0.1, 0.15) is 17.4 Å². The number of hydrogen-bond donors (Lipinski definition) is 3. The molecule has 0 fully saturated rings. The van der Waals surface area contributed by atoms with E-state index in [4.69, 9.17) is 4.74 Å². The Morgan fingerprint density at radius 2 is 1.71 bits per heavy atom. The number of anilines is 2. The predicted octanol–water partition coefficient (Wildman–Crippen LogP) is 3.78. The molecule has 188 valence electrons. The standard InChI is InChI=1S/C27H35FN4O3/c1-7-9-14-35-21-15-18(3)23(22(28)16-21)24(29-8-2)31-19-10-12-20(13-11-19)32-26(34)25(33)30-17-27(4,5)6/h8,10-13,15-16,31H,3,7,9,14,17H2,1-2,4-6H3,(H,30,33)(H,32,34)/b24-23-,29-8-. The molecule has 8 heteroatoms. The third-order valence-corrected chi connectivity index (χ3v) is 4.80. The molecule has 2 aromatic rings. The summed E-state index contributed by atoms with van der Waals surface area (Å²) in [5.41, 5.74) is 0.932. The van der Waals surface area contributed by atoms with Crippen LogP contribution in [0.5, 0.6) is 5.75 Å². The average molecular weight is 483 g/mol. The maximum atomic E-state index is 15.0. The molecular formula is C27H35FN4O3. The first-order valence-corrected chi connectivity index (χ1v) is 11.6. The van der Waals surface area contributed by atoms with E-state index in [9.17, 15) is 14.0 Å². The highest BCUT2D eigenvalue weighted by atomic mass is 19.1. The summed E-state index contributed by atoms with van der Waals surface area (Å²) < 4.78 is 20.6. The number of ether oxygens (including phenoxy) is 1. The Morgan fingerprint density at radius 3 is 2.26 bits per heavy atom. The summed E-state index contributed by atoms with van der Waals surface area (Å²) in [4.78, 5) is 28.4. The van der Waals surface area contributed by atoms with Gasteiger partial charge in [0.05, 0.1) is 11.8 Å². The van der Waals surface area contributed by atoms with Crippen molar-refractivity contribution in [3.8, 4) is 5.75 Å². The van der Waals surface area contributed by atoms with E-state index in [1.807, 2.05) is 20.8 Å². The minimum Gasteiger partial charge on any atom is -0.493 e. The Bertz CT molecular complexity index is 1170. The van der Waals surface area contributed by atoms with E-state index >= 15 is 0 Å². The van der Waals surface area contributed by atoms with Gasteiger partial charge in [-0.1, -0.05) is 40.7 Å². The number of rotatable bonds is 9. The number of nitrogens with zero attached hydrogens (tertiary/aromatic N) is 1. The summed E-state index contributed by atoms with van der Waals surface area (Å²) in [5.74, 6) is -1.23. The van der Waals surface area contributed by atoms with Gasteiger partial charge in [-0.2, -0.15) is 0 Å². The van der Waals surface area contributed by atoms with Crippen LogP contribution in [0.3, 0.4) is 0 Å². The fourth-order valence-electron chi connectivity index (χ4n) is 2.99. The first kappa shape index (κ1) is 27.6. The van der Waals surface area contributed by atoms with Crippen molar-refractivity contribution >= 4 is 41.8 Å². The Balaban J connectivity index is 2.19. The number of benzene rings is 2. The lowest BCUT2D eigenvalue weighted by Gasteiger charge is -2.18. The van der Waals surface area contributed by atoms with Gasteiger partial charge in [0.2, 0.25) is 0 Å². The molecule has 3 N–H and O–H groups in total. The molecule has 7 nitrogen and oxygen atoms in total. The lowest BCUT2D eigenvalue weighted by atomic mass is 9.97. The average Bonchev–Trinajstić information content (AvgIpc) is 2.78. The molecule has 0 unspecified atom stereocenters. The van der Waals surface area contributed by atoms with Crippen LogP contribution >= 0.6 is 0 Å². The fraction of sp³-hybridized carbons (Fsp3) is 0.370. The van der Waals surface area contributed by atoms with Crippen LogP contribution in [0.2, 0.25) is 0 Å². The predicted molar refractivity (Wildman–Crippen MR) is 140 cm³/mol. The second-order valence-electron chi connectivity index (χ2n) is 9.28. The lowest BCUT2D eigenvalue weighted by Crippen LogP contribution is -2.39. The smallest absolute Gasteiger partial charge is 0.313 e. The Morgan fingerprint density at radius 1 is 1.09 bits per heavy atom. The van der Waals surface area contributed by atoms with Crippen molar-refractivity contribution in [3.05, 3.63) is 52.7 Å². The number of unbranched alkanes of at least 4 members (excludes halogenated alkanes) is 1. The van der Waals surface area contributed by atoms with Crippen LogP contribution in [-0.4, -0.2) is 31.2 Å². The van der Waals surface area contributed by atoms with E-state index in [0.29, 0.717) is 35.5 Å². The zero-order chi connectivity index (χ0) is 26.0. The topological polar surface area (TPSA) is 91.8 Å². The second-order valence-corrected chi connectivity index (χ2v) is 9.28. The van der Waals surface area contributed by atoms with Gasteiger partial charge in [-0.05, 0) is 54.3 Å². The third kappa shape index (κ3) is 8.88. The zero-order valence-electron chi connectivity index (χ0n) is 21.1. The van der Waals surface area contributed by atoms with Crippen molar-refractivity contribution in [1.29, 1.82) is 0 Å². The molecule has 0 radical (unpaired) electrons. The normalized spacial score (nSPS) is 12.3. The van der Waals surface area contributed by atoms with Crippen LogP contribution in [0.15, 0.2) is 41.4 Å². The first-order chi connectivity index (χ1) is 16.5. The molecule has 2 rings (SSSR count). The van der Waals surface area contributed by atoms with E-state index in [1.54, 1.807) is 43.5 Å². The molecule has 0 aliphatic heterocycles. The molecule has 0 bridgehead atoms. The molecule has 0 aliphatic rings. The van der Waals surface area contributed by atoms with E-state index in [1.165, 1.54) is 6.07 Å². The van der Waals surface area contributed by atoms with Crippen molar-refractivity contribution in [1.82, 2.24) is 5.32 Å². The highest BCUT2D eigenvalue weighted by molar-refractivity contribution is 6.39. The number of halogens is 1. The summed E-state index contributed by atoms with van der Waals surface area (Å²) in [6.07, 6.45) is 3.42. The Labute approximate surface area is 206 Å². The largest absolute Gasteiger partial charge is 0.493 e. The van der Waals surface area contributed by atoms with Gasteiger partial charge in [-0.3, -0.25) is 9.59 Å². The molecule has 0 atom stereocenters. The van der Waals surface area contributed by atoms with Gasteiger partial charge >= 0.3 is 11.8 Å². The molecular weight excluding hydrogens is 447 g/mol. The number of carbonyl (C=O) groups excluding carboxylic acids is 2. The van der Waals surface area contributed by atoms with Gasteiger partial charge in [0, 0.05) is 30.2 Å². The molecule has 0 saturated carbocycles. The van der Waals surface area contributed by atoms with Crippen LogP contribution in [0.1, 0.15) is 47.5 Å². The summed E-state index contributed by atoms with van der Waals surface area (Å²) in [6, 6.07) is 9.67. The zero-order valence-corrected chi connectivity index (χ0v) is 21.1. The van der Waals surface area contributed by atoms with Crippen LogP contribution in [0.25, 0.3) is 12.4 Å². The highest BCUT2D eigenvalue weighted by Gasteiger charge is 2.17. The second kappa shape index (κ2) is 12.7. The van der Waals surface area contributed by atoms with Gasteiger partial charge in [-0.25, -0.2) is 9.38 Å². The highest BCUT2D eigenvalue weighted by Crippen LogP contribution is 2.17. The Kier molecular flexibility index (Phi) is 9.99. The molecule has 2 aromatic carbocycles. The first-order valence-electron chi connectivity index (χ1n) is 11.6. The van der Waals surface area contributed by atoms with Gasteiger partial charge in [0.25, 0.3) is 0 Å². The molecule has 35 heavy (non-hydrogen) atoms. The minimum atomic E-state index is -0.747. The monoisotopic (exact) mass is 482 g/mol. The van der Waals surface area contributed by atoms with Crippen molar-refractivity contribution in [2.24, 2.45) is 10.4 Å². The summed E-state index contributed by atoms with van der Waals surface area (Å²) >= 11 is 0. The molecule has 0 aromatic heterocycles. The van der Waals surface area contributed by atoms with Crippen LogP contribution in [0.4, 0.5) is 15.8 Å². The van der Waals surface area contributed by atoms with Crippen molar-refractivity contribution in [2.75, 3.05) is 23.8 Å². The SMILES string of the molecule is C=c1cc(OCCCC)cc(F)/c1=C(/N=C\C)Nc1ccc(NC(=O)C(=O)NCC(C)(C)C)cc1. The maximum absolute atomic E-state index is 15.0. The van der Waals surface area contributed by atoms with Crippen LogP contribution in [-0.2, 0) is 9.59 Å². The third-order valence-electron chi connectivity index (χ3n) is 4.80. The number of aliphatic imine (C=N–C) groups is 1. The summed E-state index contributed by atoms with van der Waals surface area (Å²) in [6.45, 7) is 14.5. The maximum Gasteiger partial charge on any atom is 0.313 e. The van der Waals surface area contributed by atoms with E-state index in [-0.39, 0.29) is 16.5 Å². The van der Waals surface area contributed by atoms with E-state index in [2.05, 4.69) is 34.4 Å². The van der Waals surface area contributed by atoms with Crippen molar-refractivity contribution in [3.63, 3.8) is 0 Å². The number of nitrogens with one attached hydrogen (secondary N) is 3.